The number of amides is 3. The molecule has 122 valence electrons. The molecular formula is C16H24FN3O2. The van der Waals surface area contributed by atoms with E-state index < -0.39 is 12.1 Å². The van der Waals surface area contributed by atoms with Gasteiger partial charge in [-0.05, 0) is 44.4 Å². The van der Waals surface area contributed by atoms with E-state index in [9.17, 15) is 14.0 Å². The number of rotatable bonds is 6. The molecule has 22 heavy (non-hydrogen) atoms. The molecule has 5 nitrogen and oxygen atoms in total. The summed E-state index contributed by atoms with van der Waals surface area (Å²) in [5.41, 5.74) is 1.33. The molecule has 3 N–H and O–H groups in total. The smallest absolute Gasteiger partial charge is 0.315 e. The van der Waals surface area contributed by atoms with E-state index in [1.807, 2.05) is 13.8 Å². The lowest BCUT2D eigenvalue weighted by Gasteiger charge is -2.17. The molecule has 0 aliphatic rings. The van der Waals surface area contributed by atoms with Crippen molar-refractivity contribution < 1.29 is 14.0 Å². The molecule has 0 aromatic heterocycles. The molecule has 3 amide bonds. The first-order valence-electron chi connectivity index (χ1n) is 7.43. The first kappa shape index (κ1) is 17.9. The second kappa shape index (κ2) is 8.36. The average molecular weight is 309 g/mol. The summed E-state index contributed by atoms with van der Waals surface area (Å²) >= 11 is 0. The molecule has 1 aromatic carbocycles. The fraction of sp³-hybridized carbons (Fsp3) is 0.500. The molecule has 0 saturated heterocycles. The monoisotopic (exact) mass is 309 g/mol. The SMILES string of the molecule is CC[C@@H](C)NC(=O)[C@H](C)NC(=O)NCc1ccc(F)c(C)c1. The minimum atomic E-state index is -0.621. The number of benzene rings is 1. The van der Waals surface area contributed by atoms with E-state index in [0.29, 0.717) is 5.56 Å². The molecule has 0 spiro atoms. The molecule has 0 aliphatic heterocycles. The Labute approximate surface area is 130 Å². The van der Waals surface area contributed by atoms with Crippen LogP contribution < -0.4 is 16.0 Å². The third kappa shape index (κ3) is 5.71. The van der Waals surface area contributed by atoms with Gasteiger partial charge < -0.3 is 16.0 Å². The summed E-state index contributed by atoms with van der Waals surface area (Å²) in [7, 11) is 0. The molecule has 0 aliphatic carbocycles. The lowest BCUT2D eigenvalue weighted by molar-refractivity contribution is -0.123. The van der Waals surface area contributed by atoms with Crippen molar-refractivity contribution in [3.63, 3.8) is 0 Å². The van der Waals surface area contributed by atoms with Gasteiger partial charge in [-0.1, -0.05) is 19.1 Å². The van der Waals surface area contributed by atoms with Crippen LogP contribution in [0.4, 0.5) is 9.18 Å². The van der Waals surface area contributed by atoms with E-state index in [4.69, 9.17) is 0 Å². The van der Waals surface area contributed by atoms with Gasteiger partial charge in [0.1, 0.15) is 11.9 Å². The summed E-state index contributed by atoms with van der Waals surface area (Å²) in [4.78, 5) is 23.6. The second-order valence-corrected chi connectivity index (χ2v) is 5.45. The van der Waals surface area contributed by atoms with Crippen molar-refractivity contribution in [3.05, 3.63) is 35.1 Å². The maximum Gasteiger partial charge on any atom is 0.315 e. The first-order chi connectivity index (χ1) is 10.3. The van der Waals surface area contributed by atoms with E-state index in [0.717, 1.165) is 12.0 Å². The topological polar surface area (TPSA) is 70.2 Å². The van der Waals surface area contributed by atoms with Crippen LogP contribution in [0.3, 0.4) is 0 Å². The fourth-order valence-corrected chi connectivity index (χ4v) is 1.78. The molecule has 0 fully saturated rings. The molecular weight excluding hydrogens is 285 g/mol. The molecule has 0 saturated carbocycles. The maximum absolute atomic E-state index is 13.1. The highest BCUT2D eigenvalue weighted by Crippen LogP contribution is 2.08. The molecule has 0 heterocycles. The van der Waals surface area contributed by atoms with Gasteiger partial charge in [0.15, 0.2) is 0 Å². The van der Waals surface area contributed by atoms with Crippen LogP contribution in [-0.2, 0) is 11.3 Å². The van der Waals surface area contributed by atoms with Gasteiger partial charge in [0.25, 0.3) is 0 Å². The van der Waals surface area contributed by atoms with E-state index in [1.54, 1.807) is 26.0 Å². The number of nitrogens with one attached hydrogen (secondary N) is 3. The highest BCUT2D eigenvalue weighted by Gasteiger charge is 2.16. The van der Waals surface area contributed by atoms with Gasteiger partial charge in [0, 0.05) is 12.6 Å². The van der Waals surface area contributed by atoms with E-state index in [2.05, 4.69) is 16.0 Å². The average Bonchev–Trinajstić information content (AvgIpc) is 2.48. The summed E-state index contributed by atoms with van der Waals surface area (Å²) in [5, 5.41) is 8.01. The van der Waals surface area contributed by atoms with Crippen LogP contribution in [0.1, 0.15) is 38.3 Å². The van der Waals surface area contributed by atoms with Gasteiger partial charge in [-0.15, -0.1) is 0 Å². The molecule has 2 atom stereocenters. The molecule has 0 bridgehead atoms. The summed E-state index contributed by atoms with van der Waals surface area (Å²) in [6.45, 7) is 7.44. The number of aryl methyl sites for hydroxylation is 1. The summed E-state index contributed by atoms with van der Waals surface area (Å²) < 4.78 is 13.1. The quantitative estimate of drug-likeness (QED) is 0.754. The number of urea groups is 1. The van der Waals surface area contributed by atoms with Crippen molar-refractivity contribution in [2.75, 3.05) is 0 Å². The summed E-state index contributed by atoms with van der Waals surface area (Å²) in [5.74, 6) is -0.495. The van der Waals surface area contributed by atoms with Crippen molar-refractivity contribution in [1.82, 2.24) is 16.0 Å². The lowest BCUT2D eigenvalue weighted by atomic mass is 10.1. The lowest BCUT2D eigenvalue weighted by Crippen LogP contribution is -2.49. The number of hydrogen-bond acceptors (Lipinski definition) is 2. The molecule has 1 rings (SSSR count). The van der Waals surface area contributed by atoms with Crippen molar-refractivity contribution in [1.29, 1.82) is 0 Å². The minimum Gasteiger partial charge on any atom is -0.352 e. The summed E-state index contributed by atoms with van der Waals surface area (Å²) in [6, 6.07) is 3.67. The van der Waals surface area contributed by atoms with E-state index >= 15 is 0 Å². The number of carbonyl (C=O) groups is 2. The largest absolute Gasteiger partial charge is 0.352 e. The van der Waals surface area contributed by atoms with Crippen LogP contribution in [0, 0.1) is 12.7 Å². The fourth-order valence-electron chi connectivity index (χ4n) is 1.78. The van der Waals surface area contributed by atoms with E-state index in [1.165, 1.54) is 6.07 Å². The zero-order valence-electron chi connectivity index (χ0n) is 13.5. The van der Waals surface area contributed by atoms with Crippen molar-refractivity contribution in [2.45, 2.75) is 52.7 Å². The zero-order valence-corrected chi connectivity index (χ0v) is 13.5. The Bertz CT molecular complexity index is 534. The Hall–Kier alpha value is -2.11. The van der Waals surface area contributed by atoms with Crippen LogP contribution in [0.25, 0.3) is 0 Å². The van der Waals surface area contributed by atoms with E-state index in [-0.39, 0.29) is 24.3 Å². The molecule has 0 unspecified atom stereocenters. The molecule has 1 aromatic rings. The zero-order chi connectivity index (χ0) is 16.7. The molecule has 0 radical (unpaired) electrons. The van der Waals surface area contributed by atoms with Crippen LogP contribution in [0.15, 0.2) is 18.2 Å². The maximum atomic E-state index is 13.1. The van der Waals surface area contributed by atoms with Crippen LogP contribution in [0.2, 0.25) is 0 Å². The van der Waals surface area contributed by atoms with Gasteiger partial charge in [0.2, 0.25) is 5.91 Å². The number of carbonyl (C=O) groups excluding carboxylic acids is 2. The first-order valence-corrected chi connectivity index (χ1v) is 7.43. The van der Waals surface area contributed by atoms with Gasteiger partial charge in [-0.2, -0.15) is 0 Å². The molecule has 6 heteroatoms. The minimum absolute atomic E-state index is 0.0713. The van der Waals surface area contributed by atoms with Crippen LogP contribution in [0.5, 0.6) is 0 Å². The Morgan fingerprint density at radius 1 is 1.23 bits per heavy atom. The van der Waals surface area contributed by atoms with Crippen molar-refractivity contribution in [2.24, 2.45) is 0 Å². The normalized spacial score (nSPS) is 13.1. The predicted molar refractivity (Wildman–Crippen MR) is 83.9 cm³/mol. The van der Waals surface area contributed by atoms with Gasteiger partial charge in [-0.3, -0.25) is 4.79 Å². The van der Waals surface area contributed by atoms with Crippen LogP contribution in [-0.4, -0.2) is 24.0 Å². The van der Waals surface area contributed by atoms with Crippen LogP contribution >= 0.6 is 0 Å². The Kier molecular flexibility index (Phi) is 6.82. The van der Waals surface area contributed by atoms with Crippen molar-refractivity contribution in [3.8, 4) is 0 Å². The Morgan fingerprint density at radius 2 is 1.91 bits per heavy atom. The van der Waals surface area contributed by atoms with Crippen molar-refractivity contribution >= 4 is 11.9 Å². The predicted octanol–water partition coefficient (Wildman–Crippen LogP) is 2.24. The van der Waals surface area contributed by atoms with Gasteiger partial charge in [0.05, 0.1) is 0 Å². The second-order valence-electron chi connectivity index (χ2n) is 5.45. The number of halogens is 1. The highest BCUT2D eigenvalue weighted by atomic mass is 19.1. The summed E-state index contributed by atoms with van der Waals surface area (Å²) in [6.07, 6.45) is 0.828. The van der Waals surface area contributed by atoms with Gasteiger partial charge >= 0.3 is 6.03 Å². The number of hydrogen-bond donors (Lipinski definition) is 3. The Balaban J connectivity index is 2.42. The third-order valence-electron chi connectivity index (χ3n) is 3.42. The Morgan fingerprint density at radius 3 is 2.50 bits per heavy atom. The standard InChI is InChI=1S/C16H24FN3O2/c1-5-11(3)19-15(21)12(4)20-16(22)18-9-13-6-7-14(17)10(2)8-13/h6-8,11-12H,5,9H2,1-4H3,(H,19,21)(H2,18,20,22)/t11-,12+/m1/s1. The van der Waals surface area contributed by atoms with Gasteiger partial charge in [-0.25, -0.2) is 9.18 Å². The highest BCUT2D eigenvalue weighted by molar-refractivity contribution is 5.86. The third-order valence-corrected chi connectivity index (χ3v) is 3.42.